The number of nitrogens with one attached hydrogen (secondary N) is 2. The van der Waals surface area contributed by atoms with Crippen LogP contribution >= 0.6 is 7.14 Å². The third kappa shape index (κ3) is 2.47. The molecule has 22 heavy (non-hydrogen) atoms. The van der Waals surface area contributed by atoms with Gasteiger partial charge in [-0.1, -0.05) is 60.7 Å². The smallest absolute Gasteiger partial charge is 0.307 e. The topological polar surface area (TPSA) is 82.8 Å². The van der Waals surface area contributed by atoms with Gasteiger partial charge in [0.25, 0.3) is 5.56 Å². The third-order valence-corrected chi connectivity index (χ3v) is 6.30. The van der Waals surface area contributed by atoms with E-state index in [1.807, 2.05) is 12.1 Å². The molecular formula is C16H13N2O3P. The molecule has 0 saturated heterocycles. The standard InChI is InChI=1S/C16H13N2O3P/c19-14-11-15(18-16(20)17-14)22(21,12-7-3-1-4-8-12)13-9-5-2-6-10-13/h1-11H,(H2,17,18,19,20). The molecule has 1 aromatic heterocycles. The zero-order chi connectivity index (χ0) is 15.6. The monoisotopic (exact) mass is 312 g/mol. The Kier molecular flexibility index (Phi) is 3.65. The molecule has 0 fully saturated rings. The SMILES string of the molecule is O=c1cc(P(=O)(c2ccccc2)c2ccccc2)[nH]c(=O)[nH]1. The van der Waals surface area contributed by atoms with Crippen molar-refractivity contribution in [3.05, 3.63) is 87.6 Å². The first kappa shape index (κ1) is 14.3. The Bertz CT molecular complexity index is 874. The first-order chi connectivity index (χ1) is 10.6. The Hall–Kier alpha value is -2.65. The van der Waals surface area contributed by atoms with Crippen LogP contribution in [-0.4, -0.2) is 9.97 Å². The lowest BCUT2D eigenvalue weighted by molar-refractivity contribution is 0.592. The molecule has 1 heterocycles. The molecule has 5 nitrogen and oxygen atoms in total. The number of aromatic nitrogens is 2. The summed E-state index contributed by atoms with van der Waals surface area (Å²) >= 11 is 0. The Morgan fingerprint density at radius 3 is 1.68 bits per heavy atom. The summed E-state index contributed by atoms with van der Waals surface area (Å²) in [4.78, 5) is 27.8. The molecule has 2 aromatic carbocycles. The van der Waals surface area contributed by atoms with Gasteiger partial charge in [-0.05, 0) is 0 Å². The molecular weight excluding hydrogens is 299 g/mol. The highest BCUT2D eigenvalue weighted by Gasteiger charge is 2.30. The maximum absolute atomic E-state index is 13.8. The van der Waals surface area contributed by atoms with Gasteiger partial charge in [-0.25, -0.2) is 4.79 Å². The van der Waals surface area contributed by atoms with Crippen LogP contribution < -0.4 is 27.3 Å². The van der Waals surface area contributed by atoms with Crippen LogP contribution in [0.4, 0.5) is 0 Å². The van der Waals surface area contributed by atoms with E-state index in [1.165, 1.54) is 6.07 Å². The Labute approximate surface area is 126 Å². The minimum absolute atomic E-state index is 0.124. The fourth-order valence-corrected chi connectivity index (χ4v) is 4.93. The highest BCUT2D eigenvalue weighted by atomic mass is 31.2. The van der Waals surface area contributed by atoms with Crippen molar-refractivity contribution >= 4 is 23.2 Å². The lowest BCUT2D eigenvalue weighted by atomic mass is 10.4. The van der Waals surface area contributed by atoms with Crippen molar-refractivity contribution in [1.29, 1.82) is 0 Å². The van der Waals surface area contributed by atoms with E-state index in [0.29, 0.717) is 10.6 Å². The number of hydrogen-bond acceptors (Lipinski definition) is 3. The molecule has 0 aliphatic rings. The van der Waals surface area contributed by atoms with Gasteiger partial charge >= 0.3 is 5.69 Å². The van der Waals surface area contributed by atoms with Gasteiger partial charge in [0.1, 0.15) is 0 Å². The second kappa shape index (κ2) is 5.62. The third-order valence-electron chi connectivity index (χ3n) is 3.32. The molecule has 0 unspecified atom stereocenters. The maximum Gasteiger partial charge on any atom is 0.326 e. The van der Waals surface area contributed by atoms with Gasteiger partial charge < -0.3 is 9.55 Å². The fourth-order valence-electron chi connectivity index (χ4n) is 2.33. The van der Waals surface area contributed by atoms with Crippen LogP contribution in [0.25, 0.3) is 0 Å². The van der Waals surface area contributed by atoms with E-state index in [9.17, 15) is 14.2 Å². The van der Waals surface area contributed by atoms with E-state index < -0.39 is 18.4 Å². The average molecular weight is 312 g/mol. The average Bonchev–Trinajstić information content (AvgIpc) is 2.55. The molecule has 2 N–H and O–H groups in total. The number of rotatable bonds is 3. The minimum atomic E-state index is -3.31. The van der Waals surface area contributed by atoms with Gasteiger partial charge in [0.05, 0.1) is 5.44 Å². The van der Waals surface area contributed by atoms with E-state index in [0.717, 1.165) is 0 Å². The summed E-state index contributed by atoms with van der Waals surface area (Å²) in [6.45, 7) is 0. The Morgan fingerprint density at radius 1 is 0.727 bits per heavy atom. The molecule has 3 aromatic rings. The van der Waals surface area contributed by atoms with Crippen molar-refractivity contribution in [3.8, 4) is 0 Å². The van der Waals surface area contributed by atoms with E-state index in [4.69, 9.17) is 0 Å². The molecule has 0 radical (unpaired) electrons. The summed E-state index contributed by atoms with van der Waals surface area (Å²) in [5, 5.41) is 1.12. The molecule has 0 aliphatic heterocycles. The fraction of sp³-hybridized carbons (Fsp3) is 0. The Balaban J connectivity index is 2.36. The zero-order valence-corrected chi connectivity index (χ0v) is 12.4. The summed E-state index contributed by atoms with van der Waals surface area (Å²) in [7, 11) is -3.31. The molecule has 3 rings (SSSR count). The van der Waals surface area contributed by atoms with Crippen molar-refractivity contribution in [2.24, 2.45) is 0 Å². The summed E-state index contributed by atoms with van der Waals surface area (Å²) in [5.74, 6) is 0. The molecule has 0 saturated carbocycles. The molecule has 0 spiro atoms. The van der Waals surface area contributed by atoms with E-state index in [1.54, 1.807) is 48.5 Å². The van der Waals surface area contributed by atoms with Crippen LogP contribution in [0.15, 0.2) is 76.3 Å². The van der Waals surface area contributed by atoms with Crippen LogP contribution in [0, 0.1) is 0 Å². The molecule has 0 atom stereocenters. The molecule has 0 amide bonds. The first-order valence-electron chi connectivity index (χ1n) is 6.66. The summed E-state index contributed by atoms with van der Waals surface area (Å²) in [6.07, 6.45) is 0. The van der Waals surface area contributed by atoms with Crippen LogP contribution in [-0.2, 0) is 4.57 Å². The predicted octanol–water partition coefficient (Wildman–Crippen LogP) is 0.703. The minimum Gasteiger partial charge on any atom is -0.307 e. The largest absolute Gasteiger partial charge is 0.326 e. The lowest BCUT2D eigenvalue weighted by Crippen LogP contribution is -2.35. The highest BCUT2D eigenvalue weighted by Crippen LogP contribution is 2.40. The number of benzene rings is 2. The number of hydrogen-bond donors (Lipinski definition) is 2. The summed E-state index contributed by atoms with van der Waals surface area (Å²) < 4.78 is 13.8. The van der Waals surface area contributed by atoms with Gasteiger partial charge in [-0.3, -0.25) is 9.78 Å². The maximum atomic E-state index is 13.8. The van der Waals surface area contributed by atoms with Crippen LogP contribution in [0.2, 0.25) is 0 Å². The molecule has 6 heteroatoms. The van der Waals surface area contributed by atoms with Crippen LogP contribution in [0.5, 0.6) is 0 Å². The number of aromatic amines is 2. The highest BCUT2D eigenvalue weighted by molar-refractivity contribution is 7.85. The predicted molar refractivity (Wildman–Crippen MR) is 87.1 cm³/mol. The molecule has 0 aliphatic carbocycles. The van der Waals surface area contributed by atoms with E-state index >= 15 is 0 Å². The van der Waals surface area contributed by atoms with E-state index in [2.05, 4.69) is 9.97 Å². The van der Waals surface area contributed by atoms with E-state index in [-0.39, 0.29) is 5.44 Å². The van der Waals surface area contributed by atoms with Crippen molar-refractivity contribution in [2.75, 3.05) is 0 Å². The van der Waals surface area contributed by atoms with Gasteiger partial charge in [-0.2, -0.15) is 0 Å². The molecule has 110 valence electrons. The van der Waals surface area contributed by atoms with Crippen molar-refractivity contribution < 1.29 is 4.57 Å². The van der Waals surface area contributed by atoms with Crippen LogP contribution in [0.1, 0.15) is 0 Å². The van der Waals surface area contributed by atoms with Crippen molar-refractivity contribution in [2.45, 2.75) is 0 Å². The number of H-pyrrole nitrogens is 2. The second-order valence-electron chi connectivity index (χ2n) is 4.75. The van der Waals surface area contributed by atoms with Crippen molar-refractivity contribution in [1.82, 2.24) is 9.97 Å². The van der Waals surface area contributed by atoms with Gasteiger partial charge in [0.2, 0.25) is 0 Å². The van der Waals surface area contributed by atoms with Gasteiger partial charge in [-0.15, -0.1) is 0 Å². The lowest BCUT2D eigenvalue weighted by Gasteiger charge is -2.18. The Morgan fingerprint density at radius 2 is 1.23 bits per heavy atom. The normalized spacial score (nSPS) is 11.3. The second-order valence-corrected chi connectivity index (χ2v) is 7.49. The summed E-state index contributed by atoms with van der Waals surface area (Å²) in [6, 6.07) is 18.8. The quantitative estimate of drug-likeness (QED) is 0.699. The molecule has 0 bridgehead atoms. The van der Waals surface area contributed by atoms with Gasteiger partial charge in [0, 0.05) is 16.7 Å². The van der Waals surface area contributed by atoms with Gasteiger partial charge in [0.15, 0.2) is 7.14 Å². The van der Waals surface area contributed by atoms with Crippen LogP contribution in [0.3, 0.4) is 0 Å². The summed E-state index contributed by atoms with van der Waals surface area (Å²) in [5.41, 5.74) is -1.13. The zero-order valence-electron chi connectivity index (χ0n) is 11.5. The van der Waals surface area contributed by atoms with Crippen molar-refractivity contribution in [3.63, 3.8) is 0 Å². The first-order valence-corrected chi connectivity index (χ1v) is 8.37.